The number of benzene rings is 1. The van der Waals surface area contributed by atoms with Crippen molar-refractivity contribution in [3.8, 4) is 0 Å². The molecule has 0 amide bonds. The van der Waals surface area contributed by atoms with E-state index in [0.717, 1.165) is 13.0 Å². The maximum atomic E-state index is 13.3. The predicted octanol–water partition coefficient (Wildman–Crippen LogP) is 2.24. The summed E-state index contributed by atoms with van der Waals surface area (Å²) in [5.41, 5.74) is -0.279. The molecule has 1 aromatic rings. The summed E-state index contributed by atoms with van der Waals surface area (Å²) in [7, 11) is 0. The summed E-state index contributed by atoms with van der Waals surface area (Å²) in [6.45, 7) is 1.08. The van der Waals surface area contributed by atoms with E-state index in [9.17, 15) is 14.0 Å². The Bertz CT molecular complexity index is 383. The number of Topliss-reactive ketones (excluding diaryl/α,β-unsaturated/α-hetero) is 1. The van der Waals surface area contributed by atoms with E-state index in [0.29, 0.717) is 0 Å². The van der Waals surface area contributed by atoms with Crippen molar-refractivity contribution >= 4 is 23.4 Å². The van der Waals surface area contributed by atoms with Gasteiger partial charge in [0.1, 0.15) is 17.5 Å². The number of hydrogen-bond acceptors (Lipinski definition) is 2. The van der Waals surface area contributed by atoms with Gasteiger partial charge in [-0.15, -0.1) is 0 Å². The van der Waals surface area contributed by atoms with Gasteiger partial charge in [-0.05, 0) is 19.1 Å². The second-order valence-corrected chi connectivity index (χ2v) is 3.42. The topological polar surface area (TPSA) is 54.4 Å². The van der Waals surface area contributed by atoms with Crippen molar-refractivity contribution in [1.82, 2.24) is 0 Å². The Morgan fingerprint density at radius 2 is 2.07 bits per heavy atom. The van der Waals surface area contributed by atoms with Crippen LogP contribution < -0.4 is 0 Å². The minimum Gasteiger partial charge on any atom is -0.480 e. The standard InChI is InChI=1S/C10H8ClFO3/c1-5(13)8(10(14)15)9-6(11)3-2-4-7(9)12/h2-4,8H,1H3,(H,14,15). The van der Waals surface area contributed by atoms with Crippen LogP contribution in [-0.2, 0) is 9.59 Å². The fourth-order valence-corrected chi connectivity index (χ4v) is 1.56. The number of ketones is 1. The molecule has 1 N–H and O–H groups in total. The van der Waals surface area contributed by atoms with Crippen LogP contribution in [0.2, 0.25) is 5.02 Å². The van der Waals surface area contributed by atoms with Gasteiger partial charge in [0.15, 0.2) is 0 Å². The fraction of sp³-hybridized carbons (Fsp3) is 0.200. The lowest BCUT2D eigenvalue weighted by Crippen LogP contribution is -2.20. The second kappa shape index (κ2) is 4.40. The lowest BCUT2D eigenvalue weighted by Gasteiger charge is -2.11. The molecule has 80 valence electrons. The van der Waals surface area contributed by atoms with Crippen LogP contribution in [0.15, 0.2) is 18.2 Å². The molecule has 0 aromatic heterocycles. The van der Waals surface area contributed by atoms with Gasteiger partial charge >= 0.3 is 5.97 Å². The molecule has 0 spiro atoms. The van der Waals surface area contributed by atoms with E-state index in [4.69, 9.17) is 16.7 Å². The summed E-state index contributed by atoms with van der Waals surface area (Å²) in [4.78, 5) is 21.9. The monoisotopic (exact) mass is 230 g/mol. The van der Waals surface area contributed by atoms with E-state index in [1.165, 1.54) is 12.1 Å². The second-order valence-electron chi connectivity index (χ2n) is 3.02. The van der Waals surface area contributed by atoms with E-state index in [2.05, 4.69) is 0 Å². The first-order chi connectivity index (χ1) is 6.95. The van der Waals surface area contributed by atoms with Gasteiger partial charge in [-0.1, -0.05) is 17.7 Å². The van der Waals surface area contributed by atoms with Crippen molar-refractivity contribution in [2.45, 2.75) is 12.8 Å². The third-order valence-corrected chi connectivity index (χ3v) is 2.27. The van der Waals surface area contributed by atoms with E-state index < -0.39 is 23.5 Å². The normalized spacial score (nSPS) is 12.2. The molecule has 0 radical (unpaired) electrons. The number of hydrogen-bond donors (Lipinski definition) is 1. The highest BCUT2D eigenvalue weighted by Gasteiger charge is 2.29. The van der Waals surface area contributed by atoms with Gasteiger partial charge in [-0.3, -0.25) is 9.59 Å². The SMILES string of the molecule is CC(=O)C(C(=O)O)c1c(F)cccc1Cl. The number of carbonyl (C=O) groups excluding carboxylic acids is 1. The van der Waals surface area contributed by atoms with Crippen molar-refractivity contribution in [1.29, 1.82) is 0 Å². The molecule has 0 heterocycles. The summed E-state index contributed by atoms with van der Waals surface area (Å²) in [6, 6.07) is 3.76. The maximum Gasteiger partial charge on any atom is 0.318 e. The highest BCUT2D eigenvalue weighted by molar-refractivity contribution is 6.32. The summed E-state index contributed by atoms with van der Waals surface area (Å²) >= 11 is 5.66. The van der Waals surface area contributed by atoms with Crippen LogP contribution in [0.5, 0.6) is 0 Å². The molecule has 0 saturated carbocycles. The highest BCUT2D eigenvalue weighted by atomic mass is 35.5. The van der Waals surface area contributed by atoms with Crippen LogP contribution in [0.25, 0.3) is 0 Å². The first-order valence-corrected chi connectivity index (χ1v) is 4.50. The Balaban J connectivity index is 3.35. The van der Waals surface area contributed by atoms with Gasteiger partial charge < -0.3 is 5.11 Å². The zero-order valence-electron chi connectivity index (χ0n) is 7.83. The van der Waals surface area contributed by atoms with Gasteiger partial charge in [0.2, 0.25) is 0 Å². The quantitative estimate of drug-likeness (QED) is 0.811. The first-order valence-electron chi connectivity index (χ1n) is 4.12. The molecule has 1 aromatic carbocycles. The van der Waals surface area contributed by atoms with Crippen LogP contribution in [0.3, 0.4) is 0 Å². The lowest BCUT2D eigenvalue weighted by atomic mass is 9.95. The molecule has 0 aliphatic carbocycles. The molecule has 15 heavy (non-hydrogen) atoms. The zero-order chi connectivity index (χ0) is 11.6. The Morgan fingerprint density at radius 3 is 2.47 bits per heavy atom. The predicted molar refractivity (Wildman–Crippen MR) is 52.5 cm³/mol. The third-order valence-electron chi connectivity index (χ3n) is 1.94. The third kappa shape index (κ3) is 2.33. The molecule has 0 fully saturated rings. The van der Waals surface area contributed by atoms with Gasteiger partial charge in [-0.25, -0.2) is 4.39 Å². The molecule has 1 rings (SSSR count). The summed E-state index contributed by atoms with van der Waals surface area (Å²) < 4.78 is 13.3. The van der Waals surface area contributed by atoms with E-state index in [1.54, 1.807) is 0 Å². The van der Waals surface area contributed by atoms with Crippen molar-refractivity contribution in [2.24, 2.45) is 0 Å². The summed E-state index contributed by atoms with van der Waals surface area (Å²) in [5.74, 6) is -4.40. The van der Waals surface area contributed by atoms with Crippen LogP contribution >= 0.6 is 11.6 Å². The van der Waals surface area contributed by atoms with Crippen LogP contribution in [0, 0.1) is 5.82 Å². The van der Waals surface area contributed by atoms with Crippen LogP contribution in [0.4, 0.5) is 4.39 Å². The molecular weight excluding hydrogens is 223 g/mol. The molecule has 0 aliphatic rings. The Morgan fingerprint density at radius 1 is 1.47 bits per heavy atom. The zero-order valence-corrected chi connectivity index (χ0v) is 8.58. The molecule has 5 heteroatoms. The molecule has 1 unspecified atom stereocenters. The largest absolute Gasteiger partial charge is 0.480 e. The minimum atomic E-state index is -1.54. The first kappa shape index (κ1) is 11.7. The average molecular weight is 231 g/mol. The molecule has 3 nitrogen and oxygen atoms in total. The number of carboxylic acids is 1. The van der Waals surface area contributed by atoms with E-state index >= 15 is 0 Å². The Hall–Kier alpha value is -1.42. The van der Waals surface area contributed by atoms with Gasteiger partial charge in [-0.2, -0.15) is 0 Å². The van der Waals surface area contributed by atoms with Crippen molar-refractivity contribution < 1.29 is 19.1 Å². The Labute approximate surface area is 90.5 Å². The minimum absolute atomic E-state index is 0.0578. The molecule has 0 aliphatic heterocycles. The molecule has 0 bridgehead atoms. The molecular formula is C10H8ClFO3. The van der Waals surface area contributed by atoms with Crippen molar-refractivity contribution in [3.05, 3.63) is 34.6 Å². The van der Waals surface area contributed by atoms with Crippen molar-refractivity contribution in [2.75, 3.05) is 0 Å². The van der Waals surface area contributed by atoms with Crippen LogP contribution in [0.1, 0.15) is 18.4 Å². The van der Waals surface area contributed by atoms with E-state index in [-0.39, 0.29) is 10.6 Å². The summed E-state index contributed by atoms with van der Waals surface area (Å²) in [5, 5.41) is 8.74. The number of rotatable bonds is 3. The maximum absolute atomic E-state index is 13.3. The van der Waals surface area contributed by atoms with Gasteiger partial charge in [0, 0.05) is 10.6 Å². The van der Waals surface area contributed by atoms with Gasteiger partial charge in [0.05, 0.1) is 0 Å². The summed E-state index contributed by atoms with van der Waals surface area (Å²) in [6.07, 6.45) is 0. The fourth-order valence-electron chi connectivity index (χ4n) is 1.29. The Kier molecular flexibility index (Phi) is 3.42. The smallest absolute Gasteiger partial charge is 0.318 e. The number of halogens is 2. The molecule has 1 atom stereocenters. The number of carboxylic acid groups (broad SMARTS) is 1. The number of aliphatic carboxylic acids is 1. The molecule has 0 saturated heterocycles. The number of carbonyl (C=O) groups is 2. The van der Waals surface area contributed by atoms with E-state index in [1.807, 2.05) is 0 Å². The average Bonchev–Trinajstić information content (AvgIpc) is 2.09. The van der Waals surface area contributed by atoms with Crippen LogP contribution in [-0.4, -0.2) is 16.9 Å². The highest BCUT2D eigenvalue weighted by Crippen LogP contribution is 2.28. The van der Waals surface area contributed by atoms with Gasteiger partial charge in [0.25, 0.3) is 0 Å². The lowest BCUT2D eigenvalue weighted by molar-refractivity contribution is -0.142. The van der Waals surface area contributed by atoms with Crippen molar-refractivity contribution in [3.63, 3.8) is 0 Å².